The molecular weight excluding hydrogens is 304 g/mol. The van der Waals surface area contributed by atoms with Crippen LogP contribution in [0.25, 0.3) is 22.2 Å². The average Bonchev–Trinajstić information content (AvgIpc) is 2.90. The van der Waals surface area contributed by atoms with E-state index in [9.17, 15) is 4.79 Å². The lowest BCUT2D eigenvalue weighted by Gasteiger charge is -2.21. The molecule has 5 nitrogen and oxygen atoms in total. The van der Waals surface area contributed by atoms with E-state index in [1.165, 1.54) is 0 Å². The van der Waals surface area contributed by atoms with Crippen molar-refractivity contribution in [1.82, 2.24) is 9.97 Å². The molecule has 2 aromatic carbocycles. The van der Waals surface area contributed by atoms with E-state index in [-0.39, 0.29) is 11.1 Å². The summed E-state index contributed by atoms with van der Waals surface area (Å²) in [6.45, 7) is 6.98. The summed E-state index contributed by atoms with van der Waals surface area (Å²) in [5.74, 6) is 1.50. The summed E-state index contributed by atoms with van der Waals surface area (Å²) >= 11 is 0. The SMILES string of the molecule is COc1cccc(OCC(C)(C)C)c1-c1ccc2[nH]c(=O)[nH]c2c1. The van der Waals surface area contributed by atoms with E-state index in [1.54, 1.807) is 7.11 Å². The molecule has 2 N–H and O–H groups in total. The molecule has 126 valence electrons. The van der Waals surface area contributed by atoms with E-state index in [1.807, 2.05) is 36.4 Å². The van der Waals surface area contributed by atoms with Crippen LogP contribution in [0.2, 0.25) is 0 Å². The number of fused-ring (bicyclic) bond motifs is 1. The quantitative estimate of drug-likeness (QED) is 0.762. The molecule has 3 aromatic rings. The van der Waals surface area contributed by atoms with Gasteiger partial charge in [0.15, 0.2) is 0 Å². The standard InChI is InChI=1S/C19H22N2O3/c1-19(2,3)11-24-16-7-5-6-15(23-4)17(16)12-8-9-13-14(10-12)21-18(22)20-13/h5-10H,11H2,1-4H3,(H2,20,21,22). The molecule has 3 rings (SSSR count). The third-order valence-corrected chi connectivity index (χ3v) is 3.67. The van der Waals surface area contributed by atoms with Crippen LogP contribution >= 0.6 is 0 Å². The van der Waals surface area contributed by atoms with Gasteiger partial charge in [-0.3, -0.25) is 0 Å². The van der Waals surface area contributed by atoms with Crippen molar-refractivity contribution in [2.45, 2.75) is 20.8 Å². The van der Waals surface area contributed by atoms with E-state index in [0.717, 1.165) is 33.7 Å². The molecule has 0 spiro atoms. The van der Waals surface area contributed by atoms with Crippen LogP contribution in [0.15, 0.2) is 41.2 Å². The first-order valence-electron chi connectivity index (χ1n) is 7.89. The van der Waals surface area contributed by atoms with Gasteiger partial charge in [-0.2, -0.15) is 0 Å². The van der Waals surface area contributed by atoms with Crippen LogP contribution in [0.1, 0.15) is 20.8 Å². The molecular formula is C19H22N2O3. The molecule has 0 aliphatic rings. The molecule has 1 aromatic heterocycles. The maximum absolute atomic E-state index is 11.5. The topological polar surface area (TPSA) is 67.1 Å². The molecule has 1 heterocycles. The number of aromatic nitrogens is 2. The zero-order chi connectivity index (χ0) is 17.3. The van der Waals surface area contributed by atoms with Crippen molar-refractivity contribution in [2.75, 3.05) is 13.7 Å². The minimum atomic E-state index is -0.216. The van der Waals surface area contributed by atoms with E-state index in [4.69, 9.17) is 9.47 Å². The van der Waals surface area contributed by atoms with Gasteiger partial charge in [-0.1, -0.05) is 32.9 Å². The summed E-state index contributed by atoms with van der Waals surface area (Å²) in [6.07, 6.45) is 0. The Balaban J connectivity index is 2.10. The number of benzene rings is 2. The van der Waals surface area contributed by atoms with Crippen LogP contribution in [0.3, 0.4) is 0 Å². The summed E-state index contributed by atoms with van der Waals surface area (Å²) < 4.78 is 11.6. The fourth-order valence-electron chi connectivity index (χ4n) is 2.57. The molecule has 0 aliphatic carbocycles. The molecule has 0 atom stereocenters. The molecule has 5 heteroatoms. The monoisotopic (exact) mass is 326 g/mol. The zero-order valence-electron chi connectivity index (χ0n) is 14.4. The first-order chi connectivity index (χ1) is 11.4. The number of imidazole rings is 1. The van der Waals surface area contributed by atoms with E-state index < -0.39 is 0 Å². The Bertz CT molecular complexity index is 916. The fraction of sp³-hybridized carbons (Fsp3) is 0.316. The second-order valence-electron chi connectivity index (χ2n) is 7.02. The number of hydrogen-bond acceptors (Lipinski definition) is 3. The van der Waals surface area contributed by atoms with E-state index >= 15 is 0 Å². The summed E-state index contributed by atoms with van der Waals surface area (Å²) in [6, 6.07) is 11.5. The van der Waals surface area contributed by atoms with Crippen molar-refractivity contribution in [3.8, 4) is 22.6 Å². The van der Waals surface area contributed by atoms with Gasteiger partial charge in [0.1, 0.15) is 11.5 Å². The van der Waals surface area contributed by atoms with E-state index in [2.05, 4.69) is 30.7 Å². The predicted molar refractivity (Wildman–Crippen MR) is 95.9 cm³/mol. The molecule has 0 amide bonds. The Labute approximate surface area is 140 Å². The van der Waals surface area contributed by atoms with Gasteiger partial charge in [-0.25, -0.2) is 4.79 Å². The number of methoxy groups -OCH3 is 1. The highest BCUT2D eigenvalue weighted by Crippen LogP contribution is 2.39. The highest BCUT2D eigenvalue weighted by molar-refractivity contribution is 5.85. The highest BCUT2D eigenvalue weighted by Gasteiger charge is 2.17. The van der Waals surface area contributed by atoms with Crippen LogP contribution in [0.4, 0.5) is 0 Å². The third-order valence-electron chi connectivity index (χ3n) is 3.67. The van der Waals surface area contributed by atoms with Crippen LogP contribution in [0, 0.1) is 5.41 Å². The Hall–Kier alpha value is -2.69. The Morgan fingerprint density at radius 1 is 1.00 bits per heavy atom. The van der Waals surface area contributed by atoms with Crippen molar-refractivity contribution < 1.29 is 9.47 Å². The number of H-pyrrole nitrogens is 2. The molecule has 0 unspecified atom stereocenters. The summed E-state index contributed by atoms with van der Waals surface area (Å²) in [5, 5.41) is 0. The Morgan fingerprint density at radius 3 is 2.42 bits per heavy atom. The van der Waals surface area contributed by atoms with Gasteiger partial charge in [0, 0.05) is 0 Å². The molecule has 0 fully saturated rings. The van der Waals surface area contributed by atoms with Gasteiger partial charge in [-0.15, -0.1) is 0 Å². The minimum absolute atomic E-state index is 0.0518. The van der Waals surface area contributed by atoms with Gasteiger partial charge < -0.3 is 19.4 Å². The molecule has 0 radical (unpaired) electrons. The second kappa shape index (κ2) is 6.07. The molecule has 0 bridgehead atoms. The number of aromatic amines is 2. The predicted octanol–water partition coefficient (Wildman–Crippen LogP) is 3.96. The smallest absolute Gasteiger partial charge is 0.323 e. The average molecular weight is 326 g/mol. The number of rotatable bonds is 4. The lowest BCUT2D eigenvalue weighted by Crippen LogP contribution is -2.17. The van der Waals surface area contributed by atoms with Crippen molar-refractivity contribution in [3.63, 3.8) is 0 Å². The summed E-state index contributed by atoms with van der Waals surface area (Å²) in [5.41, 5.74) is 3.18. The van der Waals surface area contributed by atoms with Crippen LogP contribution in [-0.2, 0) is 0 Å². The zero-order valence-corrected chi connectivity index (χ0v) is 14.4. The normalized spacial score (nSPS) is 11.7. The third kappa shape index (κ3) is 3.30. The largest absolute Gasteiger partial charge is 0.496 e. The van der Waals surface area contributed by atoms with E-state index in [0.29, 0.717) is 6.61 Å². The second-order valence-corrected chi connectivity index (χ2v) is 7.02. The first-order valence-corrected chi connectivity index (χ1v) is 7.89. The van der Waals surface area contributed by atoms with Crippen molar-refractivity contribution in [3.05, 3.63) is 46.9 Å². The van der Waals surface area contributed by atoms with Crippen molar-refractivity contribution >= 4 is 11.0 Å². The summed E-state index contributed by atoms with van der Waals surface area (Å²) in [7, 11) is 1.64. The highest BCUT2D eigenvalue weighted by atomic mass is 16.5. The fourth-order valence-corrected chi connectivity index (χ4v) is 2.57. The molecule has 0 saturated carbocycles. The Morgan fingerprint density at radius 2 is 1.71 bits per heavy atom. The molecule has 0 aliphatic heterocycles. The number of ether oxygens (including phenoxy) is 2. The first kappa shape index (κ1) is 16.2. The van der Waals surface area contributed by atoms with Gasteiger partial charge in [-0.05, 0) is 35.2 Å². The molecule has 0 saturated heterocycles. The van der Waals surface area contributed by atoms with Crippen LogP contribution in [-0.4, -0.2) is 23.7 Å². The lowest BCUT2D eigenvalue weighted by molar-refractivity contribution is 0.198. The minimum Gasteiger partial charge on any atom is -0.496 e. The van der Waals surface area contributed by atoms with Gasteiger partial charge in [0.2, 0.25) is 0 Å². The maximum Gasteiger partial charge on any atom is 0.323 e. The maximum atomic E-state index is 11.5. The Kier molecular flexibility index (Phi) is 4.09. The number of hydrogen-bond donors (Lipinski definition) is 2. The number of nitrogens with one attached hydrogen (secondary N) is 2. The molecule has 24 heavy (non-hydrogen) atoms. The van der Waals surface area contributed by atoms with Crippen molar-refractivity contribution in [1.29, 1.82) is 0 Å². The summed E-state index contributed by atoms with van der Waals surface area (Å²) in [4.78, 5) is 17.0. The van der Waals surface area contributed by atoms with Gasteiger partial charge in [0.05, 0.1) is 30.3 Å². The van der Waals surface area contributed by atoms with Gasteiger partial charge >= 0.3 is 5.69 Å². The van der Waals surface area contributed by atoms with Crippen LogP contribution < -0.4 is 15.2 Å². The van der Waals surface area contributed by atoms with Crippen molar-refractivity contribution in [2.24, 2.45) is 5.41 Å². The van der Waals surface area contributed by atoms with Gasteiger partial charge in [0.25, 0.3) is 0 Å². The van der Waals surface area contributed by atoms with Crippen LogP contribution in [0.5, 0.6) is 11.5 Å². The lowest BCUT2D eigenvalue weighted by atomic mass is 9.98.